The number of hydrogen-bond donors (Lipinski definition) is 2. The van der Waals surface area contributed by atoms with Crippen molar-refractivity contribution in [1.82, 2.24) is 9.97 Å². The fourth-order valence-electron chi connectivity index (χ4n) is 1.91. The molecule has 1 atom stereocenters. The van der Waals surface area contributed by atoms with Gasteiger partial charge >= 0.3 is 0 Å². The number of sulfone groups is 1. The molecule has 0 bridgehead atoms. The average Bonchev–Trinajstić information content (AvgIpc) is 2.69. The molecule has 0 spiro atoms. The summed E-state index contributed by atoms with van der Waals surface area (Å²) in [6, 6.07) is 1.67. The molecule has 1 unspecified atom stereocenters. The number of anilines is 2. The summed E-state index contributed by atoms with van der Waals surface area (Å²) in [4.78, 5) is 8.35. The maximum atomic E-state index is 11.4. The molecule has 1 aliphatic heterocycles. The molecule has 0 saturated carbocycles. The van der Waals surface area contributed by atoms with Crippen LogP contribution in [0.5, 0.6) is 0 Å². The highest BCUT2D eigenvalue weighted by Gasteiger charge is 2.27. The molecule has 0 radical (unpaired) electrons. The molecule has 1 aliphatic rings. The van der Waals surface area contributed by atoms with E-state index in [-0.39, 0.29) is 17.5 Å². The van der Waals surface area contributed by atoms with Crippen molar-refractivity contribution in [3.05, 3.63) is 12.3 Å². The van der Waals surface area contributed by atoms with Crippen LogP contribution in [0.3, 0.4) is 0 Å². The van der Waals surface area contributed by atoms with Crippen LogP contribution >= 0.6 is 0 Å². The van der Waals surface area contributed by atoms with E-state index < -0.39 is 9.84 Å². The van der Waals surface area contributed by atoms with Gasteiger partial charge < -0.3 is 15.4 Å². The molecule has 2 heterocycles. The van der Waals surface area contributed by atoms with E-state index in [1.165, 1.54) is 0 Å². The van der Waals surface area contributed by atoms with Crippen molar-refractivity contribution in [2.24, 2.45) is 0 Å². The summed E-state index contributed by atoms with van der Waals surface area (Å²) >= 11 is 0. The van der Waals surface area contributed by atoms with Crippen LogP contribution < -0.4 is 10.6 Å². The topological polar surface area (TPSA) is 93.2 Å². The molecule has 1 fully saturated rings. The average molecular weight is 286 g/mol. The first-order valence-electron chi connectivity index (χ1n) is 6.12. The Bertz CT molecular complexity index is 520. The molecule has 19 heavy (non-hydrogen) atoms. The Morgan fingerprint density at radius 3 is 3.05 bits per heavy atom. The third kappa shape index (κ3) is 4.32. The fraction of sp³-hybridized carbons (Fsp3) is 0.636. The molecule has 0 amide bonds. The van der Waals surface area contributed by atoms with E-state index in [0.717, 1.165) is 0 Å². The lowest BCUT2D eigenvalue weighted by Gasteiger charge is -2.12. The predicted octanol–water partition coefficient (Wildman–Crippen LogP) is 0.134. The van der Waals surface area contributed by atoms with Gasteiger partial charge in [0.1, 0.15) is 5.82 Å². The highest BCUT2D eigenvalue weighted by atomic mass is 32.2. The number of aromatic nitrogens is 2. The number of methoxy groups -OCH3 is 1. The first-order chi connectivity index (χ1) is 9.09. The van der Waals surface area contributed by atoms with E-state index in [4.69, 9.17) is 4.74 Å². The van der Waals surface area contributed by atoms with Crippen LogP contribution in [-0.4, -0.2) is 56.2 Å². The van der Waals surface area contributed by atoms with E-state index in [9.17, 15) is 8.42 Å². The predicted molar refractivity (Wildman–Crippen MR) is 73.1 cm³/mol. The fourth-order valence-corrected chi connectivity index (χ4v) is 3.58. The molecule has 2 rings (SSSR count). The van der Waals surface area contributed by atoms with Crippen molar-refractivity contribution in [1.29, 1.82) is 0 Å². The maximum Gasteiger partial charge on any atom is 0.224 e. The van der Waals surface area contributed by atoms with Gasteiger partial charge in [-0.1, -0.05) is 0 Å². The molecule has 1 aromatic heterocycles. The van der Waals surface area contributed by atoms with Crippen molar-refractivity contribution in [2.75, 3.05) is 42.4 Å². The Morgan fingerprint density at radius 2 is 2.37 bits per heavy atom. The molecule has 2 N–H and O–H groups in total. The van der Waals surface area contributed by atoms with Gasteiger partial charge in [0, 0.05) is 25.9 Å². The first kappa shape index (κ1) is 14.0. The largest absolute Gasteiger partial charge is 0.383 e. The molecule has 0 aliphatic carbocycles. The minimum Gasteiger partial charge on any atom is -0.383 e. The van der Waals surface area contributed by atoms with Crippen molar-refractivity contribution in [2.45, 2.75) is 12.5 Å². The number of rotatable bonds is 6. The van der Waals surface area contributed by atoms with Gasteiger partial charge in [-0.15, -0.1) is 0 Å². The van der Waals surface area contributed by atoms with Gasteiger partial charge in [-0.2, -0.15) is 4.98 Å². The summed E-state index contributed by atoms with van der Waals surface area (Å²) in [5.41, 5.74) is 0. The zero-order valence-corrected chi connectivity index (χ0v) is 11.6. The van der Waals surface area contributed by atoms with Crippen LogP contribution in [0.4, 0.5) is 11.8 Å². The van der Waals surface area contributed by atoms with Gasteiger partial charge in [-0.05, 0) is 12.5 Å². The number of nitrogens with zero attached hydrogens (tertiary/aromatic N) is 2. The number of ether oxygens (including phenoxy) is 1. The summed E-state index contributed by atoms with van der Waals surface area (Å²) in [6.45, 7) is 1.19. The molecule has 1 saturated heterocycles. The normalized spacial score (nSPS) is 21.2. The van der Waals surface area contributed by atoms with Crippen molar-refractivity contribution >= 4 is 21.6 Å². The third-order valence-electron chi connectivity index (χ3n) is 2.83. The maximum absolute atomic E-state index is 11.4. The van der Waals surface area contributed by atoms with E-state index in [0.29, 0.717) is 31.3 Å². The van der Waals surface area contributed by atoms with Gasteiger partial charge in [0.15, 0.2) is 9.84 Å². The minimum atomic E-state index is -2.88. The van der Waals surface area contributed by atoms with Gasteiger partial charge in [0.25, 0.3) is 0 Å². The summed E-state index contributed by atoms with van der Waals surface area (Å²) in [5, 5.41) is 6.15. The summed E-state index contributed by atoms with van der Waals surface area (Å²) < 4.78 is 27.7. The Balaban J connectivity index is 1.92. The molecule has 7 nitrogen and oxygen atoms in total. The lowest BCUT2D eigenvalue weighted by molar-refractivity contribution is 0.210. The highest BCUT2D eigenvalue weighted by molar-refractivity contribution is 7.91. The minimum absolute atomic E-state index is 0.0632. The molecule has 1 aromatic rings. The zero-order valence-electron chi connectivity index (χ0n) is 10.8. The van der Waals surface area contributed by atoms with Crippen LogP contribution in [0, 0.1) is 0 Å². The van der Waals surface area contributed by atoms with Gasteiger partial charge in [0.2, 0.25) is 5.95 Å². The van der Waals surface area contributed by atoms with Crippen LogP contribution in [-0.2, 0) is 14.6 Å². The molecule has 106 valence electrons. The van der Waals surface area contributed by atoms with Gasteiger partial charge in [0.05, 0.1) is 18.1 Å². The third-order valence-corrected chi connectivity index (χ3v) is 4.60. The second kappa shape index (κ2) is 6.16. The second-order valence-corrected chi connectivity index (χ2v) is 6.66. The van der Waals surface area contributed by atoms with Crippen molar-refractivity contribution in [3.8, 4) is 0 Å². The molecule has 8 heteroatoms. The molecular weight excluding hydrogens is 268 g/mol. The Labute approximate surface area is 112 Å². The monoisotopic (exact) mass is 286 g/mol. The van der Waals surface area contributed by atoms with Crippen molar-refractivity contribution in [3.63, 3.8) is 0 Å². The summed E-state index contributed by atoms with van der Waals surface area (Å²) in [7, 11) is -1.26. The van der Waals surface area contributed by atoms with E-state index in [2.05, 4.69) is 20.6 Å². The standard InChI is InChI=1S/C11H18N4O3S/c1-18-6-5-13-11-12-4-2-10(15-11)14-9-3-7-19(16,17)8-9/h2,4,9H,3,5-8H2,1H3,(H2,12,13,14,15). The summed E-state index contributed by atoms with van der Waals surface area (Å²) in [6.07, 6.45) is 2.26. The Morgan fingerprint density at radius 1 is 1.53 bits per heavy atom. The Kier molecular flexibility index (Phi) is 4.54. The Hall–Kier alpha value is -1.41. The van der Waals surface area contributed by atoms with Crippen molar-refractivity contribution < 1.29 is 13.2 Å². The highest BCUT2D eigenvalue weighted by Crippen LogP contribution is 2.16. The van der Waals surface area contributed by atoms with E-state index >= 15 is 0 Å². The molecular formula is C11H18N4O3S. The smallest absolute Gasteiger partial charge is 0.224 e. The lowest BCUT2D eigenvalue weighted by Crippen LogP contribution is -2.21. The van der Waals surface area contributed by atoms with Crippen LogP contribution in [0.1, 0.15) is 6.42 Å². The number of nitrogens with one attached hydrogen (secondary N) is 2. The van der Waals surface area contributed by atoms with E-state index in [1.807, 2.05) is 0 Å². The van der Waals surface area contributed by atoms with Crippen LogP contribution in [0.2, 0.25) is 0 Å². The quantitative estimate of drug-likeness (QED) is 0.718. The summed E-state index contributed by atoms with van der Waals surface area (Å²) in [5.74, 6) is 1.55. The second-order valence-electron chi connectivity index (χ2n) is 4.43. The lowest BCUT2D eigenvalue weighted by atomic mass is 10.2. The van der Waals surface area contributed by atoms with Crippen LogP contribution in [0.25, 0.3) is 0 Å². The SMILES string of the molecule is COCCNc1nccc(NC2CCS(=O)(=O)C2)n1. The molecule has 0 aromatic carbocycles. The number of hydrogen-bond acceptors (Lipinski definition) is 7. The van der Waals surface area contributed by atoms with Gasteiger partial charge in [-0.3, -0.25) is 0 Å². The van der Waals surface area contributed by atoms with E-state index in [1.54, 1.807) is 19.4 Å². The van der Waals surface area contributed by atoms with Crippen LogP contribution in [0.15, 0.2) is 12.3 Å². The first-order valence-corrected chi connectivity index (χ1v) is 7.94. The van der Waals surface area contributed by atoms with Gasteiger partial charge in [-0.25, -0.2) is 13.4 Å². The zero-order chi connectivity index (χ0) is 13.7.